The predicted molar refractivity (Wildman–Crippen MR) is 80.8 cm³/mol. The summed E-state index contributed by atoms with van der Waals surface area (Å²) in [5, 5.41) is 4.12. The van der Waals surface area contributed by atoms with Crippen LogP contribution in [0, 0.1) is 0 Å². The summed E-state index contributed by atoms with van der Waals surface area (Å²) in [6.07, 6.45) is 6.19. The van der Waals surface area contributed by atoms with E-state index in [9.17, 15) is 8.42 Å². The molecule has 1 aliphatic rings. The minimum absolute atomic E-state index is 0.333. The van der Waals surface area contributed by atoms with E-state index in [4.69, 9.17) is 0 Å². The predicted octanol–water partition coefficient (Wildman–Crippen LogP) is 1.46. The van der Waals surface area contributed by atoms with Crippen LogP contribution < -0.4 is 4.72 Å². The van der Waals surface area contributed by atoms with Gasteiger partial charge in [-0.2, -0.15) is 22.5 Å². The van der Waals surface area contributed by atoms with Gasteiger partial charge < -0.3 is 0 Å². The van der Waals surface area contributed by atoms with Gasteiger partial charge in [0.15, 0.2) is 0 Å². The Labute approximate surface area is 126 Å². The number of rotatable bonds is 6. The van der Waals surface area contributed by atoms with Crippen molar-refractivity contribution in [2.45, 2.75) is 58.5 Å². The van der Waals surface area contributed by atoms with Crippen LogP contribution in [-0.4, -0.2) is 40.6 Å². The van der Waals surface area contributed by atoms with Crippen LogP contribution in [0.5, 0.6) is 0 Å². The number of hydrogen-bond donors (Lipinski definition) is 1. The standard InChI is InChI=1S/C13H25N5O2S/c1-3-12(13-14-11-15-18(13)4-2)16-21(19,20)17-9-7-5-6-8-10-17/h11-12,16H,3-10H2,1-2H3/t12-/m1/s1. The highest BCUT2D eigenvalue weighted by Gasteiger charge is 2.27. The highest BCUT2D eigenvalue weighted by molar-refractivity contribution is 7.87. The first-order valence-corrected chi connectivity index (χ1v) is 9.17. The molecule has 2 rings (SSSR count). The van der Waals surface area contributed by atoms with Gasteiger partial charge in [-0.15, -0.1) is 0 Å². The molecule has 0 bridgehead atoms. The van der Waals surface area contributed by atoms with Gasteiger partial charge in [-0.05, 0) is 26.2 Å². The van der Waals surface area contributed by atoms with Crippen LogP contribution >= 0.6 is 0 Å². The van der Waals surface area contributed by atoms with Crippen LogP contribution in [0.15, 0.2) is 6.33 Å². The van der Waals surface area contributed by atoms with Crippen molar-refractivity contribution >= 4 is 10.2 Å². The molecule has 1 saturated heterocycles. The molecule has 7 nitrogen and oxygen atoms in total. The van der Waals surface area contributed by atoms with E-state index in [0.717, 1.165) is 25.7 Å². The first kappa shape index (κ1) is 16.4. The molecule has 1 fully saturated rings. The Kier molecular flexibility index (Phi) is 5.72. The maximum Gasteiger partial charge on any atom is 0.280 e. The van der Waals surface area contributed by atoms with E-state index in [-0.39, 0.29) is 6.04 Å². The molecule has 21 heavy (non-hydrogen) atoms. The molecule has 0 aliphatic carbocycles. The molecule has 0 saturated carbocycles. The molecule has 8 heteroatoms. The third kappa shape index (κ3) is 4.02. The zero-order valence-electron chi connectivity index (χ0n) is 12.8. The Morgan fingerprint density at radius 3 is 2.48 bits per heavy atom. The largest absolute Gasteiger partial charge is 0.280 e. The fourth-order valence-electron chi connectivity index (χ4n) is 2.64. The summed E-state index contributed by atoms with van der Waals surface area (Å²) in [4.78, 5) is 4.21. The van der Waals surface area contributed by atoms with E-state index in [1.165, 1.54) is 6.33 Å². The second-order valence-electron chi connectivity index (χ2n) is 5.33. The Balaban J connectivity index is 2.13. The van der Waals surface area contributed by atoms with Crippen LogP contribution in [0.25, 0.3) is 0 Å². The van der Waals surface area contributed by atoms with E-state index >= 15 is 0 Å². The average Bonchev–Trinajstić information content (AvgIpc) is 2.76. The monoisotopic (exact) mass is 315 g/mol. The topological polar surface area (TPSA) is 80.1 Å². The Morgan fingerprint density at radius 2 is 1.90 bits per heavy atom. The van der Waals surface area contributed by atoms with Crippen molar-refractivity contribution in [1.82, 2.24) is 23.8 Å². The zero-order chi connectivity index (χ0) is 15.3. The Morgan fingerprint density at radius 1 is 1.24 bits per heavy atom. The molecule has 0 amide bonds. The maximum absolute atomic E-state index is 12.6. The van der Waals surface area contributed by atoms with Crippen LogP contribution in [0.2, 0.25) is 0 Å². The van der Waals surface area contributed by atoms with Crippen molar-refractivity contribution in [3.05, 3.63) is 12.2 Å². The van der Waals surface area contributed by atoms with Crippen molar-refractivity contribution in [3.63, 3.8) is 0 Å². The zero-order valence-corrected chi connectivity index (χ0v) is 13.6. The lowest BCUT2D eigenvalue weighted by molar-refractivity contribution is 0.401. The van der Waals surface area contributed by atoms with Gasteiger partial charge in [-0.3, -0.25) is 0 Å². The Hall–Kier alpha value is -0.990. The molecule has 1 aliphatic heterocycles. The smallest absolute Gasteiger partial charge is 0.249 e. The lowest BCUT2D eigenvalue weighted by atomic mass is 10.2. The molecule has 1 atom stereocenters. The molecule has 0 spiro atoms. The maximum atomic E-state index is 12.6. The van der Waals surface area contributed by atoms with Crippen LogP contribution in [0.4, 0.5) is 0 Å². The average molecular weight is 315 g/mol. The number of nitrogens with one attached hydrogen (secondary N) is 1. The fraction of sp³-hybridized carbons (Fsp3) is 0.846. The van der Waals surface area contributed by atoms with Crippen LogP contribution in [-0.2, 0) is 16.8 Å². The number of hydrogen-bond acceptors (Lipinski definition) is 4. The SMILES string of the molecule is CC[C@@H](NS(=O)(=O)N1CCCCCC1)c1ncnn1CC. The molecular weight excluding hydrogens is 290 g/mol. The van der Waals surface area contributed by atoms with Gasteiger partial charge in [0.25, 0.3) is 10.2 Å². The van der Waals surface area contributed by atoms with Gasteiger partial charge in [0.1, 0.15) is 12.2 Å². The van der Waals surface area contributed by atoms with E-state index in [1.807, 2.05) is 13.8 Å². The number of aromatic nitrogens is 3. The van der Waals surface area contributed by atoms with Crippen molar-refractivity contribution in [3.8, 4) is 0 Å². The lowest BCUT2D eigenvalue weighted by Crippen LogP contribution is -2.43. The summed E-state index contributed by atoms with van der Waals surface area (Å²) >= 11 is 0. The van der Waals surface area contributed by atoms with Gasteiger partial charge in [0.05, 0.1) is 6.04 Å². The fourth-order valence-corrected chi connectivity index (χ4v) is 4.16. The van der Waals surface area contributed by atoms with Crippen LogP contribution in [0.1, 0.15) is 57.8 Å². The molecule has 0 radical (unpaired) electrons. The van der Waals surface area contributed by atoms with Gasteiger partial charge in [-0.25, -0.2) is 9.67 Å². The quantitative estimate of drug-likeness (QED) is 0.862. The molecule has 120 valence electrons. The normalized spacial score (nSPS) is 19.3. The highest BCUT2D eigenvalue weighted by Crippen LogP contribution is 2.18. The molecule has 2 heterocycles. The molecule has 0 aromatic carbocycles. The van der Waals surface area contributed by atoms with E-state index < -0.39 is 10.2 Å². The summed E-state index contributed by atoms with van der Waals surface area (Å²) < 4.78 is 31.2. The van der Waals surface area contributed by atoms with E-state index in [2.05, 4.69) is 14.8 Å². The second kappa shape index (κ2) is 7.33. The number of aryl methyl sites for hydroxylation is 1. The van der Waals surface area contributed by atoms with Gasteiger partial charge in [-0.1, -0.05) is 19.8 Å². The first-order valence-electron chi connectivity index (χ1n) is 7.73. The molecule has 1 N–H and O–H groups in total. The number of nitrogens with zero attached hydrogens (tertiary/aromatic N) is 4. The van der Waals surface area contributed by atoms with Crippen LogP contribution in [0.3, 0.4) is 0 Å². The Bertz CT molecular complexity index is 535. The molecule has 1 aromatic rings. The summed E-state index contributed by atoms with van der Waals surface area (Å²) in [5.41, 5.74) is 0. The molecular formula is C13H25N5O2S. The van der Waals surface area contributed by atoms with Gasteiger partial charge in [0, 0.05) is 19.6 Å². The summed E-state index contributed by atoms with van der Waals surface area (Å²) in [5.74, 6) is 0.679. The summed E-state index contributed by atoms with van der Waals surface area (Å²) in [6, 6.07) is -0.333. The first-order chi connectivity index (χ1) is 10.1. The van der Waals surface area contributed by atoms with E-state index in [0.29, 0.717) is 31.9 Å². The van der Waals surface area contributed by atoms with Crippen molar-refractivity contribution in [2.75, 3.05) is 13.1 Å². The van der Waals surface area contributed by atoms with E-state index in [1.54, 1.807) is 8.99 Å². The van der Waals surface area contributed by atoms with Gasteiger partial charge in [0.2, 0.25) is 0 Å². The van der Waals surface area contributed by atoms with Crippen molar-refractivity contribution in [2.24, 2.45) is 0 Å². The molecule has 0 unspecified atom stereocenters. The third-order valence-electron chi connectivity index (χ3n) is 3.86. The highest BCUT2D eigenvalue weighted by atomic mass is 32.2. The summed E-state index contributed by atoms with van der Waals surface area (Å²) in [6.45, 7) is 5.80. The lowest BCUT2D eigenvalue weighted by Gasteiger charge is -2.24. The third-order valence-corrected chi connectivity index (χ3v) is 5.49. The minimum Gasteiger partial charge on any atom is -0.249 e. The minimum atomic E-state index is -3.47. The van der Waals surface area contributed by atoms with Crippen molar-refractivity contribution in [1.29, 1.82) is 0 Å². The van der Waals surface area contributed by atoms with Gasteiger partial charge >= 0.3 is 0 Å². The molecule has 1 aromatic heterocycles. The van der Waals surface area contributed by atoms with Crippen molar-refractivity contribution < 1.29 is 8.42 Å². The second-order valence-corrected chi connectivity index (χ2v) is 7.03. The summed E-state index contributed by atoms with van der Waals surface area (Å²) in [7, 11) is -3.47.